The maximum atomic E-state index is 12.8. The van der Waals surface area contributed by atoms with E-state index in [1.165, 1.54) is 48.2 Å². The molecule has 0 fully saturated rings. The van der Waals surface area contributed by atoms with Crippen LogP contribution in [-0.4, -0.2) is 28.2 Å². The number of nitro benzene ring substituents is 1. The average Bonchev–Trinajstić information content (AvgIpc) is 3.41. The van der Waals surface area contributed by atoms with Crippen molar-refractivity contribution in [2.24, 2.45) is 4.99 Å². The van der Waals surface area contributed by atoms with Crippen molar-refractivity contribution in [3.8, 4) is 11.5 Å². The van der Waals surface area contributed by atoms with Crippen molar-refractivity contribution in [1.82, 2.24) is 4.90 Å². The molecular formula is C31H23F4N3O4S. The first-order valence-corrected chi connectivity index (χ1v) is 14.2. The van der Waals surface area contributed by atoms with Crippen LogP contribution in [0, 0.1) is 10.1 Å². The first-order chi connectivity index (χ1) is 20.8. The number of allylic oxidation sites excluding steroid dienone is 1. The third-order valence-electron chi connectivity index (χ3n) is 7.26. The SMILES string of the molecule is O=[N+]([O-])c1cccc(C2=CSC3=NC4=C(CCC/C4=C/c4ccc(OC(F)F)cc4)[C@H](c4ccc(OC(F)F)cc4)N23)c1. The Morgan fingerprint density at radius 1 is 0.953 bits per heavy atom. The minimum Gasteiger partial charge on any atom is -0.435 e. The number of hydrogen-bond donors (Lipinski definition) is 0. The number of amidine groups is 1. The third-order valence-corrected chi connectivity index (χ3v) is 8.10. The van der Waals surface area contributed by atoms with Gasteiger partial charge in [-0.2, -0.15) is 17.6 Å². The quantitative estimate of drug-likeness (QED) is 0.144. The van der Waals surface area contributed by atoms with Gasteiger partial charge in [-0.3, -0.25) is 10.1 Å². The number of benzene rings is 3. The molecule has 3 aliphatic rings. The largest absolute Gasteiger partial charge is 0.435 e. The summed E-state index contributed by atoms with van der Waals surface area (Å²) in [4.78, 5) is 18.1. The Kier molecular flexibility index (Phi) is 7.94. The van der Waals surface area contributed by atoms with Gasteiger partial charge in [0.05, 0.1) is 22.4 Å². The van der Waals surface area contributed by atoms with Crippen LogP contribution < -0.4 is 9.47 Å². The molecule has 7 nitrogen and oxygen atoms in total. The molecule has 0 N–H and O–H groups in total. The highest BCUT2D eigenvalue weighted by molar-refractivity contribution is 8.16. The number of hydrogen-bond acceptors (Lipinski definition) is 7. The minimum absolute atomic E-state index is 0.0337. The van der Waals surface area contributed by atoms with E-state index in [0.717, 1.165) is 46.5 Å². The van der Waals surface area contributed by atoms with Crippen LogP contribution in [-0.2, 0) is 0 Å². The molecule has 0 saturated carbocycles. The number of rotatable bonds is 8. The highest BCUT2D eigenvalue weighted by atomic mass is 32.2. The Labute approximate surface area is 248 Å². The van der Waals surface area contributed by atoms with Crippen molar-refractivity contribution in [1.29, 1.82) is 0 Å². The van der Waals surface area contributed by atoms with Crippen molar-refractivity contribution in [3.05, 3.63) is 122 Å². The van der Waals surface area contributed by atoms with Gasteiger partial charge in [-0.15, -0.1) is 0 Å². The van der Waals surface area contributed by atoms with E-state index in [4.69, 9.17) is 4.99 Å². The summed E-state index contributed by atoms with van der Waals surface area (Å²) >= 11 is 1.40. The second-order valence-corrected chi connectivity index (χ2v) is 10.7. The van der Waals surface area contributed by atoms with Gasteiger partial charge in [0.2, 0.25) is 0 Å². The molecule has 0 saturated heterocycles. The number of nitro groups is 1. The summed E-state index contributed by atoms with van der Waals surface area (Å²) in [6.07, 6.45) is 4.26. The molecular weight excluding hydrogens is 586 g/mol. The molecule has 0 bridgehead atoms. The summed E-state index contributed by atoms with van der Waals surface area (Å²) in [7, 11) is 0. The molecule has 3 aromatic rings. The van der Waals surface area contributed by atoms with E-state index in [0.29, 0.717) is 17.2 Å². The van der Waals surface area contributed by atoms with E-state index >= 15 is 0 Å². The van der Waals surface area contributed by atoms with Gasteiger partial charge < -0.3 is 14.4 Å². The standard InChI is InChI=1S/C31H23F4N3O4S/c32-29(33)41-23-11-7-18(8-12-23)15-21-4-2-6-25-27(21)36-31-37(28(25)19-9-13-24(14-10-19)42-30(34)35)26(17-43-31)20-3-1-5-22(16-20)38(39)40/h1,3,5,7-17,28-30H,2,4,6H2/b21-15-/t28-/m0/s1. The van der Waals surface area contributed by atoms with Gasteiger partial charge >= 0.3 is 13.2 Å². The van der Waals surface area contributed by atoms with Gasteiger partial charge in [0.25, 0.3) is 5.69 Å². The van der Waals surface area contributed by atoms with Crippen LogP contribution in [0.25, 0.3) is 11.8 Å². The predicted octanol–water partition coefficient (Wildman–Crippen LogP) is 8.78. The molecule has 220 valence electrons. The van der Waals surface area contributed by atoms with E-state index in [-0.39, 0.29) is 23.2 Å². The lowest BCUT2D eigenvalue weighted by atomic mass is 9.82. The molecule has 2 heterocycles. The van der Waals surface area contributed by atoms with Crippen LogP contribution in [0.15, 0.2) is 100 Å². The minimum atomic E-state index is -2.95. The predicted molar refractivity (Wildman–Crippen MR) is 156 cm³/mol. The zero-order valence-corrected chi connectivity index (χ0v) is 23.1. The van der Waals surface area contributed by atoms with Crippen LogP contribution in [0.2, 0.25) is 0 Å². The van der Waals surface area contributed by atoms with Crippen LogP contribution >= 0.6 is 11.8 Å². The van der Waals surface area contributed by atoms with Crippen molar-refractivity contribution < 1.29 is 32.0 Å². The average molecular weight is 610 g/mol. The van der Waals surface area contributed by atoms with Crippen molar-refractivity contribution in [3.63, 3.8) is 0 Å². The number of alkyl halides is 4. The van der Waals surface area contributed by atoms with Gasteiger partial charge in [0, 0.05) is 23.1 Å². The first-order valence-electron chi connectivity index (χ1n) is 13.3. The fourth-order valence-corrected chi connectivity index (χ4v) is 6.41. The van der Waals surface area contributed by atoms with Gasteiger partial charge in [-0.05, 0) is 71.9 Å². The number of halogens is 4. The molecule has 0 radical (unpaired) electrons. The monoisotopic (exact) mass is 609 g/mol. The summed E-state index contributed by atoms with van der Waals surface area (Å²) in [6, 6.07) is 18.9. The molecule has 0 spiro atoms. The van der Waals surface area contributed by atoms with Gasteiger partial charge in [-0.1, -0.05) is 48.2 Å². The third kappa shape index (κ3) is 6.00. The van der Waals surface area contributed by atoms with Gasteiger partial charge in [0.15, 0.2) is 5.17 Å². The Morgan fingerprint density at radius 2 is 1.63 bits per heavy atom. The van der Waals surface area contributed by atoms with Crippen molar-refractivity contribution in [2.75, 3.05) is 0 Å². The summed E-state index contributed by atoms with van der Waals surface area (Å²) in [5.41, 5.74) is 5.76. The van der Waals surface area contributed by atoms with E-state index in [1.54, 1.807) is 36.4 Å². The number of aliphatic imine (C=N–C) groups is 1. The van der Waals surface area contributed by atoms with E-state index < -0.39 is 18.1 Å². The molecule has 6 rings (SSSR count). The second-order valence-electron chi connectivity index (χ2n) is 9.89. The highest BCUT2D eigenvalue weighted by Crippen LogP contribution is 2.51. The summed E-state index contributed by atoms with van der Waals surface area (Å²) in [5.74, 6) is 0.0992. The normalized spacial score (nSPS) is 18.9. The number of nitrogens with zero attached hydrogens (tertiary/aromatic N) is 3. The maximum Gasteiger partial charge on any atom is 0.387 e. The number of fused-ring (bicyclic) bond motifs is 1. The summed E-state index contributed by atoms with van der Waals surface area (Å²) in [6.45, 7) is -5.86. The molecule has 1 atom stereocenters. The summed E-state index contributed by atoms with van der Waals surface area (Å²) < 4.78 is 59.9. The van der Waals surface area contributed by atoms with Crippen LogP contribution in [0.3, 0.4) is 0 Å². The zero-order valence-electron chi connectivity index (χ0n) is 22.3. The number of thioether (sulfide) groups is 1. The molecule has 2 aliphatic heterocycles. The van der Waals surface area contributed by atoms with Crippen LogP contribution in [0.4, 0.5) is 23.2 Å². The summed E-state index contributed by atoms with van der Waals surface area (Å²) in [5, 5.41) is 14.1. The Hall–Kier alpha value is -4.58. The lowest BCUT2D eigenvalue weighted by molar-refractivity contribution is -0.384. The zero-order chi connectivity index (χ0) is 30.1. The maximum absolute atomic E-state index is 12.8. The lowest BCUT2D eigenvalue weighted by Gasteiger charge is -2.40. The highest BCUT2D eigenvalue weighted by Gasteiger charge is 2.40. The smallest absolute Gasteiger partial charge is 0.387 e. The molecule has 3 aromatic carbocycles. The molecule has 12 heteroatoms. The van der Waals surface area contributed by atoms with Crippen LogP contribution in [0.5, 0.6) is 11.5 Å². The second kappa shape index (κ2) is 12.0. The topological polar surface area (TPSA) is 77.2 Å². The van der Waals surface area contributed by atoms with Gasteiger partial charge in [0.1, 0.15) is 11.5 Å². The first kappa shape index (κ1) is 28.5. The fourth-order valence-electron chi connectivity index (χ4n) is 5.48. The Morgan fingerprint density at radius 3 is 2.28 bits per heavy atom. The van der Waals surface area contributed by atoms with Crippen molar-refractivity contribution >= 4 is 34.4 Å². The van der Waals surface area contributed by atoms with Gasteiger partial charge in [-0.25, -0.2) is 4.99 Å². The van der Waals surface area contributed by atoms with E-state index in [1.807, 2.05) is 16.4 Å². The Bertz CT molecular complexity index is 1670. The van der Waals surface area contributed by atoms with Crippen molar-refractivity contribution in [2.45, 2.75) is 38.5 Å². The van der Waals surface area contributed by atoms with E-state index in [2.05, 4.69) is 9.47 Å². The number of non-ortho nitro benzene ring substituents is 1. The molecule has 1 aliphatic carbocycles. The van der Waals surface area contributed by atoms with E-state index in [9.17, 15) is 27.7 Å². The number of ether oxygens (including phenoxy) is 2. The fraction of sp³-hybridized carbons (Fsp3) is 0.194. The Balaban J connectivity index is 1.42. The molecule has 0 amide bonds. The molecule has 0 unspecified atom stereocenters. The molecule has 43 heavy (non-hydrogen) atoms. The molecule has 0 aromatic heterocycles. The van der Waals surface area contributed by atoms with Crippen LogP contribution in [0.1, 0.15) is 42.0 Å². The lowest BCUT2D eigenvalue weighted by Crippen LogP contribution is -2.34.